The third-order valence-electron chi connectivity index (χ3n) is 3.15. The maximum atomic E-state index is 12.0. The van der Waals surface area contributed by atoms with Gasteiger partial charge in [-0.2, -0.15) is 0 Å². The van der Waals surface area contributed by atoms with Crippen LogP contribution < -0.4 is 0 Å². The number of carbonyl (C=O) groups excluding carboxylic acids is 1. The molecular weight excluding hydrogens is 272 g/mol. The molecule has 0 heterocycles. The van der Waals surface area contributed by atoms with Crippen LogP contribution in [0.4, 0.5) is 0 Å². The molecule has 3 N–H and O–H groups in total. The summed E-state index contributed by atoms with van der Waals surface area (Å²) in [5.74, 6) is -0.531. The molecule has 2 atom stereocenters. The predicted molar refractivity (Wildman–Crippen MR) is 78.8 cm³/mol. The third kappa shape index (κ3) is 6.08. The first-order valence-electron chi connectivity index (χ1n) is 6.90. The first-order chi connectivity index (χ1) is 10.1. The summed E-state index contributed by atoms with van der Waals surface area (Å²) in [6.07, 6.45) is 0.679. The first-order valence-corrected chi connectivity index (χ1v) is 6.90. The second-order valence-electron chi connectivity index (χ2n) is 4.83. The molecule has 0 aliphatic rings. The molecule has 0 spiro atoms. The van der Waals surface area contributed by atoms with E-state index in [0.717, 1.165) is 5.57 Å². The van der Waals surface area contributed by atoms with Crippen LogP contribution in [0.15, 0.2) is 42.0 Å². The highest BCUT2D eigenvalue weighted by molar-refractivity contribution is 5.89. The summed E-state index contributed by atoms with van der Waals surface area (Å²) in [6, 6.07) is 8.49. The molecule has 0 aromatic heterocycles. The maximum Gasteiger partial charge on any atom is 0.338 e. The second-order valence-corrected chi connectivity index (χ2v) is 4.83. The number of rotatable bonds is 8. The minimum absolute atomic E-state index is 0.0527. The Hall–Kier alpha value is -1.69. The Morgan fingerprint density at radius 1 is 1.29 bits per heavy atom. The van der Waals surface area contributed by atoms with Gasteiger partial charge in [-0.05, 0) is 31.9 Å². The van der Waals surface area contributed by atoms with E-state index in [2.05, 4.69) is 0 Å². The fraction of sp³-hybridized carbons (Fsp3) is 0.438. The zero-order valence-electron chi connectivity index (χ0n) is 12.1. The molecule has 1 rings (SSSR count). The minimum atomic E-state index is -1.13. The summed E-state index contributed by atoms with van der Waals surface area (Å²) in [5.41, 5.74) is 1.33. The Balaban J connectivity index is 2.66. The van der Waals surface area contributed by atoms with Gasteiger partial charge in [-0.1, -0.05) is 29.8 Å². The van der Waals surface area contributed by atoms with E-state index in [4.69, 9.17) is 14.9 Å². The van der Waals surface area contributed by atoms with E-state index in [1.807, 2.05) is 6.92 Å². The zero-order valence-corrected chi connectivity index (χ0v) is 12.1. The summed E-state index contributed by atoms with van der Waals surface area (Å²) in [7, 11) is 0. The monoisotopic (exact) mass is 294 g/mol. The normalized spacial score (nSPS) is 14.6. The SMILES string of the molecule is C/C(=C\CO)CC[C@H](OC(=O)c1ccccc1)[C@H](O)CO. The quantitative estimate of drug-likeness (QED) is 0.497. The van der Waals surface area contributed by atoms with E-state index in [1.165, 1.54) is 0 Å². The maximum absolute atomic E-state index is 12.0. The van der Waals surface area contributed by atoms with Crippen LogP contribution in [0, 0.1) is 0 Å². The molecule has 1 aromatic carbocycles. The molecule has 0 unspecified atom stereocenters. The molecule has 0 aliphatic carbocycles. The molecule has 0 bridgehead atoms. The molecular formula is C16H22O5. The number of hydrogen-bond acceptors (Lipinski definition) is 5. The molecule has 21 heavy (non-hydrogen) atoms. The van der Waals surface area contributed by atoms with Crippen LogP contribution in [-0.2, 0) is 4.74 Å². The zero-order chi connectivity index (χ0) is 15.7. The van der Waals surface area contributed by atoms with Gasteiger partial charge in [0.05, 0.1) is 18.8 Å². The number of benzene rings is 1. The van der Waals surface area contributed by atoms with Gasteiger partial charge < -0.3 is 20.1 Å². The Kier molecular flexibility index (Phi) is 7.68. The van der Waals surface area contributed by atoms with Crippen molar-refractivity contribution in [2.24, 2.45) is 0 Å². The van der Waals surface area contributed by atoms with Crippen molar-refractivity contribution in [2.45, 2.75) is 32.0 Å². The van der Waals surface area contributed by atoms with Crippen molar-refractivity contribution >= 4 is 5.97 Å². The van der Waals surface area contributed by atoms with Crippen LogP contribution in [-0.4, -0.2) is 46.7 Å². The lowest BCUT2D eigenvalue weighted by Gasteiger charge is -2.22. The summed E-state index contributed by atoms with van der Waals surface area (Å²) in [4.78, 5) is 12.0. The largest absolute Gasteiger partial charge is 0.456 e. The lowest BCUT2D eigenvalue weighted by atomic mass is 10.0. The first kappa shape index (κ1) is 17.4. The van der Waals surface area contributed by atoms with Gasteiger partial charge in [0.25, 0.3) is 0 Å². The fourth-order valence-electron chi connectivity index (χ4n) is 1.86. The van der Waals surface area contributed by atoms with Gasteiger partial charge >= 0.3 is 5.97 Å². The minimum Gasteiger partial charge on any atom is -0.456 e. The van der Waals surface area contributed by atoms with Gasteiger partial charge in [-0.15, -0.1) is 0 Å². The Labute approximate surface area is 124 Å². The van der Waals surface area contributed by atoms with Crippen LogP contribution in [0.2, 0.25) is 0 Å². The van der Waals surface area contributed by atoms with E-state index < -0.39 is 24.8 Å². The summed E-state index contributed by atoms with van der Waals surface area (Å²) in [5, 5.41) is 27.6. The topological polar surface area (TPSA) is 87.0 Å². The van der Waals surface area contributed by atoms with E-state index in [1.54, 1.807) is 36.4 Å². The molecule has 0 radical (unpaired) electrons. The van der Waals surface area contributed by atoms with Gasteiger partial charge in [0, 0.05) is 0 Å². The van der Waals surface area contributed by atoms with E-state index in [9.17, 15) is 9.90 Å². The van der Waals surface area contributed by atoms with E-state index >= 15 is 0 Å². The standard InChI is InChI=1S/C16H22O5/c1-12(9-10-17)7-8-15(14(19)11-18)21-16(20)13-5-3-2-4-6-13/h2-6,9,14-15,17-19H,7-8,10-11H2,1H3/b12-9+/t14-,15+/m1/s1. The third-order valence-corrected chi connectivity index (χ3v) is 3.15. The van der Waals surface area contributed by atoms with Crippen LogP contribution in [0.1, 0.15) is 30.1 Å². The lowest BCUT2D eigenvalue weighted by molar-refractivity contribution is -0.0397. The number of ether oxygens (including phenoxy) is 1. The highest BCUT2D eigenvalue weighted by atomic mass is 16.6. The van der Waals surface area contributed by atoms with Crippen molar-refractivity contribution in [3.05, 3.63) is 47.5 Å². The predicted octanol–water partition coefficient (Wildman–Crippen LogP) is 1.28. The number of aliphatic hydroxyl groups is 3. The van der Waals surface area contributed by atoms with Crippen LogP contribution >= 0.6 is 0 Å². The average molecular weight is 294 g/mol. The summed E-state index contributed by atoms with van der Waals surface area (Å²) < 4.78 is 5.28. The molecule has 5 nitrogen and oxygen atoms in total. The lowest BCUT2D eigenvalue weighted by Crippen LogP contribution is -2.34. The van der Waals surface area contributed by atoms with Gasteiger partial charge in [0.2, 0.25) is 0 Å². The van der Waals surface area contributed by atoms with Crippen molar-refractivity contribution in [3.63, 3.8) is 0 Å². The van der Waals surface area contributed by atoms with Crippen LogP contribution in [0.25, 0.3) is 0 Å². The average Bonchev–Trinajstić information content (AvgIpc) is 2.51. The van der Waals surface area contributed by atoms with Gasteiger partial charge in [-0.3, -0.25) is 0 Å². The Morgan fingerprint density at radius 2 is 1.95 bits per heavy atom. The van der Waals surface area contributed by atoms with Crippen molar-refractivity contribution in [1.82, 2.24) is 0 Å². The molecule has 116 valence electrons. The Morgan fingerprint density at radius 3 is 2.52 bits per heavy atom. The molecule has 0 amide bonds. The van der Waals surface area contributed by atoms with Gasteiger partial charge in [0.1, 0.15) is 12.2 Å². The van der Waals surface area contributed by atoms with E-state index in [0.29, 0.717) is 18.4 Å². The molecule has 0 saturated heterocycles. The number of aliphatic hydroxyl groups excluding tert-OH is 3. The van der Waals surface area contributed by atoms with Gasteiger partial charge in [-0.25, -0.2) is 4.79 Å². The molecule has 1 aromatic rings. The van der Waals surface area contributed by atoms with E-state index in [-0.39, 0.29) is 6.61 Å². The highest BCUT2D eigenvalue weighted by Crippen LogP contribution is 2.15. The van der Waals surface area contributed by atoms with Crippen molar-refractivity contribution < 1.29 is 24.9 Å². The molecule has 0 fully saturated rings. The molecule has 0 aliphatic heterocycles. The summed E-state index contributed by atoms with van der Waals surface area (Å²) >= 11 is 0. The number of carbonyl (C=O) groups is 1. The van der Waals surface area contributed by atoms with Crippen molar-refractivity contribution in [1.29, 1.82) is 0 Å². The summed E-state index contributed by atoms with van der Waals surface area (Å²) in [6.45, 7) is 1.32. The van der Waals surface area contributed by atoms with Crippen molar-refractivity contribution in [3.8, 4) is 0 Å². The molecule has 5 heteroatoms. The van der Waals surface area contributed by atoms with Crippen molar-refractivity contribution in [2.75, 3.05) is 13.2 Å². The van der Waals surface area contributed by atoms with Gasteiger partial charge in [0.15, 0.2) is 0 Å². The van der Waals surface area contributed by atoms with Crippen LogP contribution in [0.5, 0.6) is 0 Å². The highest BCUT2D eigenvalue weighted by Gasteiger charge is 2.23. The second kappa shape index (κ2) is 9.28. The molecule has 0 saturated carbocycles. The fourth-order valence-corrected chi connectivity index (χ4v) is 1.86. The number of allylic oxidation sites excluding steroid dienone is 1. The number of esters is 1. The van der Waals surface area contributed by atoms with Crippen LogP contribution in [0.3, 0.4) is 0 Å². The Bertz CT molecular complexity index is 455. The smallest absolute Gasteiger partial charge is 0.338 e. The number of hydrogen-bond donors (Lipinski definition) is 3.